The first-order chi connectivity index (χ1) is 5.29. The second-order valence-corrected chi connectivity index (χ2v) is 2.23. The van der Waals surface area contributed by atoms with Gasteiger partial charge in [-0.2, -0.15) is 0 Å². The molecule has 0 bridgehead atoms. The van der Waals surface area contributed by atoms with Crippen molar-refractivity contribution in [1.82, 2.24) is 10.1 Å². The molecule has 0 aliphatic heterocycles. The Morgan fingerprint density at radius 3 is 3.18 bits per heavy atom. The minimum Gasteiger partial charge on any atom is -0.391 e. The van der Waals surface area contributed by atoms with Crippen molar-refractivity contribution in [2.75, 3.05) is 0 Å². The molecular weight excluding hydrogens is 146 g/mol. The van der Waals surface area contributed by atoms with Crippen molar-refractivity contribution in [3.63, 3.8) is 0 Å². The number of nitrogens with zero attached hydrogens (tertiary/aromatic N) is 3. The molecule has 2 rings (SSSR count). The highest BCUT2D eigenvalue weighted by Gasteiger charge is 2.10. The fourth-order valence-electron chi connectivity index (χ4n) is 0.899. The summed E-state index contributed by atoms with van der Waals surface area (Å²) in [6.07, 6.45) is 1.54. The number of aryl methyl sites for hydroxylation is 1. The molecule has 2 aromatic rings. The monoisotopic (exact) mass is 151 g/mol. The van der Waals surface area contributed by atoms with E-state index in [1.165, 1.54) is 0 Å². The molecule has 0 unspecified atom stereocenters. The number of hydrogen-bond donors (Lipinski definition) is 0. The molecule has 0 fully saturated rings. The SMILES string of the molecule is Cc1ccnc2c1no[n+]2[O-]. The molecule has 0 atom stereocenters. The summed E-state index contributed by atoms with van der Waals surface area (Å²) in [6.45, 7) is 1.84. The quantitative estimate of drug-likeness (QED) is 0.503. The minimum absolute atomic E-state index is 0.227. The standard InChI is InChI=1S/C6H5N3O2/c1-4-2-3-7-6-5(4)8-11-9(6)10/h2-3H,1H3. The Bertz CT molecular complexity index is 396. The van der Waals surface area contributed by atoms with Gasteiger partial charge < -0.3 is 9.84 Å². The molecule has 2 heterocycles. The predicted molar refractivity (Wildman–Crippen MR) is 35.5 cm³/mol. The minimum atomic E-state index is 0.227. The Hall–Kier alpha value is -1.65. The lowest BCUT2D eigenvalue weighted by atomic mass is 10.3. The zero-order valence-corrected chi connectivity index (χ0v) is 5.81. The predicted octanol–water partition coefficient (Wildman–Crippen LogP) is 0.165. The van der Waals surface area contributed by atoms with Gasteiger partial charge in [-0.1, -0.05) is 4.90 Å². The summed E-state index contributed by atoms with van der Waals surface area (Å²) in [5.41, 5.74) is 1.63. The van der Waals surface area contributed by atoms with Gasteiger partial charge in [-0.25, -0.2) is 0 Å². The number of pyridine rings is 1. The zero-order valence-electron chi connectivity index (χ0n) is 5.81. The van der Waals surface area contributed by atoms with E-state index < -0.39 is 0 Å². The van der Waals surface area contributed by atoms with Gasteiger partial charge in [-0.3, -0.25) is 0 Å². The van der Waals surface area contributed by atoms with Crippen LogP contribution in [0.5, 0.6) is 0 Å². The first-order valence-electron chi connectivity index (χ1n) is 3.10. The first-order valence-corrected chi connectivity index (χ1v) is 3.10. The smallest absolute Gasteiger partial charge is 0.342 e. The zero-order chi connectivity index (χ0) is 7.84. The normalized spacial score (nSPS) is 10.6. The molecule has 0 aliphatic carbocycles. The van der Waals surface area contributed by atoms with Crippen LogP contribution in [0.4, 0.5) is 0 Å². The van der Waals surface area contributed by atoms with Crippen LogP contribution >= 0.6 is 0 Å². The van der Waals surface area contributed by atoms with Crippen molar-refractivity contribution in [3.8, 4) is 0 Å². The van der Waals surface area contributed by atoms with Crippen molar-refractivity contribution in [3.05, 3.63) is 23.0 Å². The highest BCUT2D eigenvalue weighted by atomic mass is 16.8. The maximum Gasteiger partial charge on any atom is 0.342 e. The van der Waals surface area contributed by atoms with E-state index in [2.05, 4.69) is 14.8 Å². The van der Waals surface area contributed by atoms with Crippen molar-refractivity contribution in [2.24, 2.45) is 0 Å². The topological polar surface area (TPSA) is 65.9 Å². The molecule has 0 radical (unpaired) electrons. The maximum absolute atomic E-state index is 10.8. The van der Waals surface area contributed by atoms with E-state index in [0.717, 1.165) is 5.56 Å². The Morgan fingerprint density at radius 1 is 1.64 bits per heavy atom. The Labute approximate surface area is 61.8 Å². The fourth-order valence-corrected chi connectivity index (χ4v) is 0.899. The molecule has 0 saturated carbocycles. The van der Waals surface area contributed by atoms with Crippen LogP contribution in [0.1, 0.15) is 5.56 Å². The highest BCUT2D eigenvalue weighted by molar-refractivity contribution is 5.69. The lowest BCUT2D eigenvalue weighted by Crippen LogP contribution is -2.23. The Balaban J connectivity index is 2.94. The van der Waals surface area contributed by atoms with Crippen molar-refractivity contribution < 1.29 is 9.53 Å². The average Bonchev–Trinajstić information content (AvgIpc) is 2.35. The van der Waals surface area contributed by atoms with Crippen LogP contribution in [0, 0.1) is 12.1 Å². The number of aromatic nitrogens is 3. The van der Waals surface area contributed by atoms with Crippen molar-refractivity contribution in [1.29, 1.82) is 0 Å². The third kappa shape index (κ3) is 0.739. The van der Waals surface area contributed by atoms with Gasteiger partial charge in [0.1, 0.15) is 6.20 Å². The van der Waals surface area contributed by atoms with Crippen LogP contribution in [0.2, 0.25) is 0 Å². The van der Waals surface area contributed by atoms with Crippen LogP contribution in [0.25, 0.3) is 11.2 Å². The summed E-state index contributed by atoms with van der Waals surface area (Å²) in [7, 11) is 0. The molecule has 11 heavy (non-hydrogen) atoms. The largest absolute Gasteiger partial charge is 0.391 e. The molecule has 0 spiro atoms. The van der Waals surface area contributed by atoms with E-state index in [0.29, 0.717) is 10.4 Å². The van der Waals surface area contributed by atoms with Gasteiger partial charge in [0.05, 0.1) is 0 Å². The summed E-state index contributed by atoms with van der Waals surface area (Å²) in [6, 6.07) is 1.77. The van der Waals surface area contributed by atoms with Crippen LogP contribution in [0.3, 0.4) is 0 Å². The molecule has 5 heteroatoms. The van der Waals surface area contributed by atoms with E-state index in [9.17, 15) is 5.21 Å². The Morgan fingerprint density at radius 2 is 2.45 bits per heavy atom. The van der Waals surface area contributed by atoms with E-state index in [1.54, 1.807) is 12.3 Å². The van der Waals surface area contributed by atoms with Crippen LogP contribution in [-0.4, -0.2) is 10.1 Å². The molecule has 0 saturated heterocycles. The maximum atomic E-state index is 10.8. The van der Waals surface area contributed by atoms with Crippen LogP contribution in [-0.2, 0) is 0 Å². The average molecular weight is 151 g/mol. The van der Waals surface area contributed by atoms with Gasteiger partial charge in [0.2, 0.25) is 5.52 Å². The fraction of sp³-hybridized carbons (Fsp3) is 0.167. The van der Waals surface area contributed by atoms with Gasteiger partial charge in [0, 0.05) is 5.56 Å². The van der Waals surface area contributed by atoms with E-state index in [1.807, 2.05) is 6.92 Å². The molecule has 5 nitrogen and oxygen atoms in total. The molecular formula is C6H5N3O2. The second kappa shape index (κ2) is 1.91. The molecule has 0 aromatic carbocycles. The van der Waals surface area contributed by atoms with Gasteiger partial charge in [0.25, 0.3) is 0 Å². The van der Waals surface area contributed by atoms with Crippen molar-refractivity contribution >= 4 is 11.2 Å². The molecule has 0 N–H and O–H groups in total. The number of hydrogen-bond acceptors (Lipinski definition) is 4. The summed E-state index contributed by atoms with van der Waals surface area (Å²) in [4.78, 5) is 4.09. The van der Waals surface area contributed by atoms with Crippen LogP contribution < -0.4 is 4.90 Å². The van der Waals surface area contributed by atoms with E-state index in [-0.39, 0.29) is 5.65 Å². The summed E-state index contributed by atoms with van der Waals surface area (Å²) >= 11 is 0. The molecule has 0 aliphatic rings. The second-order valence-electron chi connectivity index (χ2n) is 2.23. The van der Waals surface area contributed by atoms with Gasteiger partial charge >= 0.3 is 5.65 Å². The molecule has 2 aromatic heterocycles. The van der Waals surface area contributed by atoms with Crippen LogP contribution in [0.15, 0.2) is 16.9 Å². The van der Waals surface area contributed by atoms with Crippen molar-refractivity contribution in [2.45, 2.75) is 6.92 Å². The third-order valence-corrected chi connectivity index (χ3v) is 1.49. The summed E-state index contributed by atoms with van der Waals surface area (Å²) in [5.74, 6) is 0. The highest BCUT2D eigenvalue weighted by Crippen LogP contribution is 2.07. The first kappa shape index (κ1) is 6.09. The number of rotatable bonds is 0. The van der Waals surface area contributed by atoms with Gasteiger partial charge in [-0.05, 0) is 18.1 Å². The summed E-state index contributed by atoms with van der Waals surface area (Å²) in [5, 5.41) is 14.3. The Kier molecular flexibility index (Phi) is 1.06. The molecule has 56 valence electrons. The number of fused-ring (bicyclic) bond motifs is 1. The lowest BCUT2D eigenvalue weighted by molar-refractivity contribution is -0.783. The third-order valence-electron chi connectivity index (χ3n) is 1.49. The van der Waals surface area contributed by atoms with Gasteiger partial charge in [-0.15, -0.1) is 4.98 Å². The lowest BCUT2D eigenvalue weighted by Gasteiger charge is -1.85. The van der Waals surface area contributed by atoms with E-state index >= 15 is 0 Å². The van der Waals surface area contributed by atoms with Gasteiger partial charge in [0.15, 0.2) is 0 Å². The van der Waals surface area contributed by atoms with E-state index in [4.69, 9.17) is 0 Å². The summed E-state index contributed by atoms with van der Waals surface area (Å²) < 4.78 is 4.34. The molecule has 0 amide bonds.